The first kappa shape index (κ1) is 17.6. The molecule has 1 unspecified atom stereocenters. The number of allylic oxidation sites excluding steroid dienone is 1. The molecule has 2 aliphatic heterocycles. The van der Waals surface area contributed by atoms with Crippen molar-refractivity contribution >= 4 is 26.7 Å². The van der Waals surface area contributed by atoms with Crippen LogP contribution >= 0.6 is 15.9 Å². The molecule has 26 heavy (non-hydrogen) atoms. The maximum absolute atomic E-state index is 13.5. The third-order valence-corrected chi connectivity index (χ3v) is 5.16. The fraction of sp³-hybridized carbons (Fsp3) is 0.333. The molecule has 0 amide bonds. The lowest BCUT2D eigenvalue weighted by atomic mass is 9.91. The molecule has 4 rings (SSSR count). The summed E-state index contributed by atoms with van der Waals surface area (Å²) < 4.78 is 62.7. The SMILES string of the molecule is COC1(OC)OC(C(F)(F)F)=C2Cc3c(ccc4cc(Br)ccc34)OC21. The van der Waals surface area contributed by atoms with Crippen molar-refractivity contribution in [2.24, 2.45) is 0 Å². The highest BCUT2D eigenvalue weighted by Crippen LogP contribution is 2.49. The lowest BCUT2D eigenvalue weighted by Gasteiger charge is -2.34. The minimum atomic E-state index is -4.68. The molecule has 2 aliphatic rings. The smallest absolute Gasteiger partial charge is 0.449 e. The van der Waals surface area contributed by atoms with Gasteiger partial charge in [-0.15, -0.1) is 0 Å². The van der Waals surface area contributed by atoms with Crippen LogP contribution < -0.4 is 4.74 Å². The molecule has 0 radical (unpaired) electrons. The first-order valence-corrected chi connectivity index (χ1v) is 8.55. The number of hydrogen-bond acceptors (Lipinski definition) is 4. The summed E-state index contributed by atoms with van der Waals surface area (Å²) in [6.07, 6.45) is -5.79. The molecule has 2 aromatic carbocycles. The third kappa shape index (κ3) is 2.51. The highest BCUT2D eigenvalue weighted by atomic mass is 79.9. The Bertz CT molecular complexity index is 919. The fourth-order valence-electron chi connectivity index (χ4n) is 3.49. The normalized spacial score (nSPS) is 21.2. The van der Waals surface area contributed by atoms with Gasteiger partial charge in [-0.2, -0.15) is 13.2 Å². The van der Waals surface area contributed by atoms with Crippen LogP contribution in [0.2, 0.25) is 0 Å². The summed E-state index contributed by atoms with van der Waals surface area (Å²) in [4.78, 5) is 0. The second-order valence-corrected chi connectivity index (χ2v) is 6.96. The van der Waals surface area contributed by atoms with Crippen LogP contribution in [0.25, 0.3) is 10.8 Å². The Kier molecular flexibility index (Phi) is 3.98. The van der Waals surface area contributed by atoms with Crippen LogP contribution in [-0.4, -0.2) is 32.5 Å². The van der Waals surface area contributed by atoms with E-state index in [0.717, 1.165) is 15.2 Å². The summed E-state index contributed by atoms with van der Waals surface area (Å²) in [7, 11) is 2.44. The number of alkyl halides is 3. The molecule has 4 nitrogen and oxygen atoms in total. The average molecular weight is 431 g/mol. The van der Waals surface area contributed by atoms with Crippen molar-refractivity contribution < 1.29 is 32.1 Å². The molecule has 8 heteroatoms. The van der Waals surface area contributed by atoms with Crippen LogP contribution in [-0.2, 0) is 20.6 Å². The van der Waals surface area contributed by atoms with Gasteiger partial charge in [0.05, 0.1) is 0 Å². The van der Waals surface area contributed by atoms with Crippen LogP contribution in [0.1, 0.15) is 5.56 Å². The molecule has 2 aromatic rings. The van der Waals surface area contributed by atoms with Crippen molar-refractivity contribution in [1.82, 2.24) is 0 Å². The molecule has 0 aliphatic carbocycles. The van der Waals surface area contributed by atoms with Gasteiger partial charge in [0.2, 0.25) is 11.9 Å². The molecule has 0 N–H and O–H groups in total. The lowest BCUT2D eigenvalue weighted by molar-refractivity contribution is -0.370. The number of fused-ring (bicyclic) bond motifs is 4. The van der Waals surface area contributed by atoms with Crippen molar-refractivity contribution in [2.75, 3.05) is 14.2 Å². The van der Waals surface area contributed by atoms with E-state index in [0.29, 0.717) is 11.3 Å². The Labute approximate surface area is 155 Å². The summed E-state index contributed by atoms with van der Waals surface area (Å²) in [5.41, 5.74) is 0.638. The van der Waals surface area contributed by atoms with E-state index in [4.69, 9.17) is 18.9 Å². The summed E-state index contributed by atoms with van der Waals surface area (Å²) in [6, 6.07) is 9.19. The van der Waals surface area contributed by atoms with Gasteiger partial charge in [0.1, 0.15) is 5.75 Å². The predicted octanol–water partition coefficient (Wildman–Crippen LogP) is 4.70. The summed E-state index contributed by atoms with van der Waals surface area (Å²) in [5, 5.41) is 1.73. The van der Waals surface area contributed by atoms with Gasteiger partial charge in [0, 0.05) is 36.2 Å². The van der Waals surface area contributed by atoms with Crippen LogP contribution in [0.5, 0.6) is 5.75 Å². The van der Waals surface area contributed by atoms with Crippen molar-refractivity contribution in [2.45, 2.75) is 24.7 Å². The summed E-state index contributed by atoms with van der Waals surface area (Å²) in [5.74, 6) is -2.60. The van der Waals surface area contributed by atoms with E-state index in [1.807, 2.05) is 24.3 Å². The molecule has 138 valence electrons. The Hall–Kier alpha value is -1.77. The van der Waals surface area contributed by atoms with Crippen LogP contribution in [0.15, 0.2) is 46.1 Å². The quantitative estimate of drug-likeness (QED) is 0.647. The molecule has 0 spiro atoms. The summed E-state index contributed by atoms with van der Waals surface area (Å²) >= 11 is 3.40. The Balaban J connectivity index is 1.91. The van der Waals surface area contributed by atoms with Gasteiger partial charge in [-0.25, -0.2) is 0 Å². The predicted molar refractivity (Wildman–Crippen MR) is 90.7 cm³/mol. The van der Waals surface area contributed by atoms with E-state index in [9.17, 15) is 13.2 Å². The van der Waals surface area contributed by atoms with Crippen LogP contribution in [0.3, 0.4) is 0 Å². The van der Waals surface area contributed by atoms with Gasteiger partial charge in [0.15, 0.2) is 0 Å². The molecule has 0 aromatic heterocycles. The highest BCUT2D eigenvalue weighted by Gasteiger charge is 2.61. The number of benzene rings is 2. The van der Waals surface area contributed by atoms with E-state index < -0.39 is 24.0 Å². The van der Waals surface area contributed by atoms with E-state index in [2.05, 4.69) is 15.9 Å². The zero-order valence-electron chi connectivity index (χ0n) is 13.8. The molecule has 2 heterocycles. The van der Waals surface area contributed by atoms with Crippen molar-refractivity contribution in [3.8, 4) is 5.75 Å². The molecular weight excluding hydrogens is 417 g/mol. The topological polar surface area (TPSA) is 36.9 Å². The van der Waals surface area contributed by atoms with Gasteiger partial charge in [-0.05, 0) is 29.0 Å². The van der Waals surface area contributed by atoms with Gasteiger partial charge in [-0.1, -0.05) is 28.1 Å². The maximum Gasteiger partial charge on any atom is 0.449 e. The van der Waals surface area contributed by atoms with Crippen molar-refractivity contribution in [3.05, 3.63) is 51.7 Å². The van der Waals surface area contributed by atoms with E-state index >= 15 is 0 Å². The van der Waals surface area contributed by atoms with Gasteiger partial charge in [0.25, 0.3) is 0 Å². The molecule has 0 bridgehead atoms. The molecule has 0 fully saturated rings. The van der Waals surface area contributed by atoms with Gasteiger partial charge in [-0.3, -0.25) is 0 Å². The number of rotatable bonds is 2. The second kappa shape index (κ2) is 5.87. The molecule has 0 saturated carbocycles. The average Bonchev–Trinajstić information content (AvgIpc) is 2.94. The second-order valence-electron chi connectivity index (χ2n) is 6.05. The monoisotopic (exact) mass is 430 g/mol. The van der Waals surface area contributed by atoms with E-state index in [1.165, 1.54) is 14.2 Å². The number of halogens is 4. The Morgan fingerprint density at radius 3 is 2.54 bits per heavy atom. The third-order valence-electron chi connectivity index (χ3n) is 4.66. The lowest BCUT2D eigenvalue weighted by Crippen LogP contribution is -2.49. The number of hydrogen-bond donors (Lipinski definition) is 0. The van der Waals surface area contributed by atoms with Gasteiger partial charge < -0.3 is 18.9 Å². The van der Waals surface area contributed by atoms with Crippen molar-refractivity contribution in [3.63, 3.8) is 0 Å². The highest BCUT2D eigenvalue weighted by molar-refractivity contribution is 9.10. The maximum atomic E-state index is 13.5. The molecule has 1 atom stereocenters. The summed E-state index contributed by atoms with van der Waals surface area (Å²) in [6.45, 7) is 0. The molecular formula is C18H14BrF3O4. The zero-order chi connectivity index (χ0) is 18.7. The van der Waals surface area contributed by atoms with Gasteiger partial charge >= 0.3 is 12.1 Å². The number of ether oxygens (including phenoxy) is 4. The fourth-order valence-corrected chi connectivity index (χ4v) is 3.86. The van der Waals surface area contributed by atoms with E-state index in [1.54, 1.807) is 6.07 Å². The standard InChI is InChI=1S/C18H14BrF3O4/c1-23-18(24-2)16-13(15(26-18)17(20,21)22)8-12-11-5-4-10(19)7-9(11)3-6-14(12)25-16/h3-7,16H,8H2,1-2H3. The largest absolute Gasteiger partial charge is 0.476 e. The van der Waals surface area contributed by atoms with Crippen molar-refractivity contribution in [1.29, 1.82) is 0 Å². The van der Waals surface area contributed by atoms with Crippen LogP contribution in [0, 0.1) is 0 Å². The zero-order valence-corrected chi connectivity index (χ0v) is 15.4. The Morgan fingerprint density at radius 2 is 1.88 bits per heavy atom. The first-order valence-electron chi connectivity index (χ1n) is 7.76. The van der Waals surface area contributed by atoms with Crippen LogP contribution in [0.4, 0.5) is 13.2 Å². The minimum absolute atomic E-state index is 0.0300. The minimum Gasteiger partial charge on any atom is -0.476 e. The van der Waals surface area contributed by atoms with E-state index in [-0.39, 0.29) is 12.0 Å². The first-order chi connectivity index (χ1) is 12.3. The molecule has 0 saturated heterocycles. The Morgan fingerprint density at radius 1 is 1.15 bits per heavy atom. The number of methoxy groups -OCH3 is 2.